The van der Waals surface area contributed by atoms with Gasteiger partial charge in [-0.25, -0.2) is 10.8 Å². The van der Waals surface area contributed by atoms with Crippen molar-refractivity contribution in [3.63, 3.8) is 0 Å². The number of carbonyl (C=O) groups is 1. The monoisotopic (exact) mass is 257 g/mol. The van der Waals surface area contributed by atoms with Gasteiger partial charge in [-0.05, 0) is 31.2 Å². The number of hydrazine groups is 1. The minimum absolute atomic E-state index is 0.187. The van der Waals surface area contributed by atoms with Gasteiger partial charge in [-0.15, -0.1) is 0 Å². The van der Waals surface area contributed by atoms with Crippen molar-refractivity contribution in [2.75, 3.05) is 5.43 Å². The standard InChI is InChI=1S/C13H15N5O/c1-9-6-10(7-12(17-9)18-14)13(19)16-8-11-4-2-3-5-15-11/h2-7H,8,14H2,1H3,(H,16,19)(H,17,18). The molecular formula is C13H15N5O. The Kier molecular flexibility index (Phi) is 4.04. The summed E-state index contributed by atoms with van der Waals surface area (Å²) in [6, 6.07) is 8.86. The van der Waals surface area contributed by atoms with Crippen LogP contribution >= 0.6 is 0 Å². The van der Waals surface area contributed by atoms with E-state index in [1.165, 1.54) is 0 Å². The first-order valence-corrected chi connectivity index (χ1v) is 5.82. The molecule has 0 aromatic carbocycles. The van der Waals surface area contributed by atoms with E-state index < -0.39 is 0 Å². The van der Waals surface area contributed by atoms with Crippen molar-refractivity contribution in [2.45, 2.75) is 13.5 Å². The van der Waals surface area contributed by atoms with Crippen LogP contribution in [0.1, 0.15) is 21.7 Å². The first kappa shape index (κ1) is 13.0. The number of hydrogen-bond donors (Lipinski definition) is 3. The quantitative estimate of drug-likeness (QED) is 0.561. The Balaban J connectivity index is 2.06. The number of nitrogens with zero attached hydrogens (tertiary/aromatic N) is 2. The third-order valence-corrected chi connectivity index (χ3v) is 2.52. The number of pyridine rings is 2. The molecule has 0 radical (unpaired) electrons. The highest BCUT2D eigenvalue weighted by atomic mass is 16.1. The van der Waals surface area contributed by atoms with Gasteiger partial charge in [0.05, 0.1) is 12.2 Å². The summed E-state index contributed by atoms with van der Waals surface area (Å²) in [6.45, 7) is 2.18. The van der Waals surface area contributed by atoms with Gasteiger partial charge in [-0.3, -0.25) is 9.78 Å². The number of nitrogens with two attached hydrogens (primary N) is 1. The lowest BCUT2D eigenvalue weighted by atomic mass is 10.2. The molecule has 6 nitrogen and oxygen atoms in total. The molecule has 0 atom stereocenters. The van der Waals surface area contributed by atoms with Crippen LogP contribution in [0.4, 0.5) is 5.82 Å². The van der Waals surface area contributed by atoms with Crippen LogP contribution < -0.4 is 16.6 Å². The van der Waals surface area contributed by atoms with Crippen molar-refractivity contribution < 1.29 is 4.79 Å². The molecule has 98 valence electrons. The molecule has 0 bridgehead atoms. The molecule has 0 fully saturated rings. The topological polar surface area (TPSA) is 92.9 Å². The maximum Gasteiger partial charge on any atom is 0.251 e. The lowest BCUT2D eigenvalue weighted by molar-refractivity contribution is 0.0950. The fourth-order valence-electron chi connectivity index (χ4n) is 1.65. The van der Waals surface area contributed by atoms with Gasteiger partial charge >= 0.3 is 0 Å². The Morgan fingerprint density at radius 1 is 1.37 bits per heavy atom. The first-order chi connectivity index (χ1) is 9.19. The van der Waals surface area contributed by atoms with Crippen molar-refractivity contribution in [2.24, 2.45) is 5.84 Å². The van der Waals surface area contributed by atoms with E-state index >= 15 is 0 Å². The van der Waals surface area contributed by atoms with E-state index in [1.54, 1.807) is 25.3 Å². The summed E-state index contributed by atoms with van der Waals surface area (Å²) in [4.78, 5) is 20.3. The molecule has 0 aliphatic heterocycles. The highest BCUT2D eigenvalue weighted by Gasteiger charge is 2.08. The summed E-state index contributed by atoms with van der Waals surface area (Å²) in [5, 5.41) is 2.80. The second kappa shape index (κ2) is 5.92. The van der Waals surface area contributed by atoms with Crippen LogP contribution in [-0.4, -0.2) is 15.9 Å². The normalized spacial score (nSPS) is 10.0. The van der Waals surface area contributed by atoms with Crippen molar-refractivity contribution in [3.05, 3.63) is 53.5 Å². The molecule has 0 saturated heterocycles. The maximum atomic E-state index is 12.0. The second-order valence-corrected chi connectivity index (χ2v) is 4.03. The molecule has 0 spiro atoms. The number of nitrogens with one attached hydrogen (secondary N) is 2. The SMILES string of the molecule is Cc1cc(C(=O)NCc2ccccn2)cc(NN)n1. The Labute approximate surface area is 111 Å². The zero-order valence-corrected chi connectivity index (χ0v) is 10.6. The zero-order valence-electron chi connectivity index (χ0n) is 10.6. The van der Waals surface area contributed by atoms with E-state index in [0.717, 1.165) is 11.4 Å². The number of rotatable bonds is 4. The summed E-state index contributed by atoms with van der Waals surface area (Å²) in [5.41, 5.74) is 4.47. The van der Waals surface area contributed by atoms with Gasteiger partial charge in [0.1, 0.15) is 5.82 Å². The summed E-state index contributed by atoms with van der Waals surface area (Å²) in [6.07, 6.45) is 1.69. The molecule has 2 rings (SSSR count). The number of aryl methyl sites for hydroxylation is 1. The van der Waals surface area contributed by atoms with Gasteiger partial charge in [0.25, 0.3) is 5.91 Å². The van der Waals surface area contributed by atoms with E-state index in [-0.39, 0.29) is 5.91 Å². The average molecular weight is 257 g/mol. The van der Waals surface area contributed by atoms with E-state index in [1.807, 2.05) is 18.2 Å². The first-order valence-electron chi connectivity index (χ1n) is 5.82. The molecule has 6 heteroatoms. The van der Waals surface area contributed by atoms with Crippen LogP contribution in [0.3, 0.4) is 0 Å². The number of aromatic nitrogens is 2. The third kappa shape index (κ3) is 3.49. The van der Waals surface area contributed by atoms with Gasteiger partial charge in [0.15, 0.2) is 0 Å². The maximum absolute atomic E-state index is 12.0. The largest absolute Gasteiger partial charge is 0.346 e. The average Bonchev–Trinajstić information content (AvgIpc) is 2.45. The summed E-state index contributed by atoms with van der Waals surface area (Å²) < 4.78 is 0. The predicted molar refractivity (Wildman–Crippen MR) is 72.2 cm³/mol. The zero-order chi connectivity index (χ0) is 13.7. The molecule has 0 unspecified atom stereocenters. The van der Waals surface area contributed by atoms with Crippen LogP contribution in [0.2, 0.25) is 0 Å². The smallest absolute Gasteiger partial charge is 0.251 e. The fourth-order valence-corrected chi connectivity index (χ4v) is 1.65. The van der Waals surface area contributed by atoms with Gasteiger partial charge in [-0.1, -0.05) is 6.07 Å². The van der Waals surface area contributed by atoms with Crippen molar-refractivity contribution in [1.29, 1.82) is 0 Å². The number of hydrogen-bond acceptors (Lipinski definition) is 5. The summed E-state index contributed by atoms with van der Waals surface area (Å²) >= 11 is 0. The third-order valence-electron chi connectivity index (χ3n) is 2.52. The summed E-state index contributed by atoms with van der Waals surface area (Å²) in [5.74, 6) is 5.57. The minimum Gasteiger partial charge on any atom is -0.346 e. The molecule has 2 aromatic heterocycles. The molecule has 4 N–H and O–H groups in total. The van der Waals surface area contributed by atoms with Gasteiger partial charge in [0.2, 0.25) is 0 Å². The van der Waals surface area contributed by atoms with E-state index in [4.69, 9.17) is 5.84 Å². The molecule has 1 amide bonds. The Morgan fingerprint density at radius 3 is 2.89 bits per heavy atom. The predicted octanol–water partition coefficient (Wildman–Crippen LogP) is 1.00. The van der Waals surface area contributed by atoms with E-state index in [0.29, 0.717) is 17.9 Å². The Morgan fingerprint density at radius 2 is 2.21 bits per heavy atom. The van der Waals surface area contributed by atoms with Crippen LogP contribution in [0.25, 0.3) is 0 Å². The Hall–Kier alpha value is -2.47. The van der Waals surface area contributed by atoms with Crippen LogP contribution in [0, 0.1) is 6.92 Å². The van der Waals surface area contributed by atoms with Crippen molar-refractivity contribution in [3.8, 4) is 0 Å². The lowest BCUT2D eigenvalue weighted by Crippen LogP contribution is -2.24. The van der Waals surface area contributed by atoms with E-state index in [9.17, 15) is 4.79 Å². The molecule has 0 aliphatic carbocycles. The van der Waals surface area contributed by atoms with Gasteiger partial charge in [0, 0.05) is 17.5 Å². The van der Waals surface area contributed by atoms with Crippen LogP contribution in [0.5, 0.6) is 0 Å². The van der Waals surface area contributed by atoms with E-state index in [2.05, 4.69) is 20.7 Å². The molecule has 0 aliphatic rings. The minimum atomic E-state index is -0.187. The van der Waals surface area contributed by atoms with Crippen LogP contribution in [0.15, 0.2) is 36.5 Å². The summed E-state index contributed by atoms with van der Waals surface area (Å²) in [7, 11) is 0. The fraction of sp³-hybridized carbons (Fsp3) is 0.154. The molecule has 0 saturated carbocycles. The number of carbonyl (C=O) groups excluding carboxylic acids is 1. The molecule has 19 heavy (non-hydrogen) atoms. The number of amides is 1. The molecule has 2 aromatic rings. The van der Waals surface area contributed by atoms with Crippen molar-refractivity contribution >= 4 is 11.7 Å². The number of anilines is 1. The lowest BCUT2D eigenvalue weighted by Gasteiger charge is -2.07. The number of nitrogen functional groups attached to an aromatic ring is 1. The second-order valence-electron chi connectivity index (χ2n) is 4.03. The molecule has 2 heterocycles. The van der Waals surface area contributed by atoms with Crippen molar-refractivity contribution in [1.82, 2.24) is 15.3 Å². The van der Waals surface area contributed by atoms with Gasteiger partial charge in [-0.2, -0.15) is 0 Å². The highest BCUT2D eigenvalue weighted by molar-refractivity contribution is 5.94. The van der Waals surface area contributed by atoms with Crippen LogP contribution in [-0.2, 0) is 6.54 Å². The Bertz CT molecular complexity index is 571. The molecular weight excluding hydrogens is 242 g/mol. The highest BCUT2D eigenvalue weighted by Crippen LogP contribution is 2.09. The van der Waals surface area contributed by atoms with Gasteiger partial charge < -0.3 is 10.7 Å².